The molecule has 2 aromatic carbocycles. The van der Waals surface area contributed by atoms with Crippen LogP contribution in [0.25, 0.3) is 10.9 Å². The van der Waals surface area contributed by atoms with Crippen LogP contribution in [-0.2, 0) is 7.05 Å². The third-order valence-electron chi connectivity index (χ3n) is 4.72. The Bertz CT molecular complexity index is 1000. The molecule has 0 unspecified atom stereocenters. The number of amides is 1. The number of methoxy groups -OCH3 is 1. The maximum absolute atomic E-state index is 12.7. The van der Waals surface area contributed by atoms with E-state index in [9.17, 15) is 4.79 Å². The lowest BCUT2D eigenvalue weighted by Gasteiger charge is -2.11. The van der Waals surface area contributed by atoms with Crippen LogP contribution in [0.2, 0.25) is 0 Å². The van der Waals surface area contributed by atoms with Crippen molar-refractivity contribution in [1.82, 2.24) is 9.99 Å². The van der Waals surface area contributed by atoms with Crippen LogP contribution in [0.15, 0.2) is 47.6 Å². The smallest absolute Gasteiger partial charge is 0.273 e. The lowest BCUT2D eigenvalue weighted by molar-refractivity contribution is 0.0956. The fourth-order valence-corrected chi connectivity index (χ4v) is 3.04. The summed E-state index contributed by atoms with van der Waals surface area (Å²) in [6.07, 6.45) is 1.64. The van der Waals surface area contributed by atoms with Crippen LogP contribution in [0.1, 0.15) is 21.6 Å². The molecule has 3 aromatic rings. The van der Waals surface area contributed by atoms with Crippen molar-refractivity contribution < 1.29 is 9.53 Å². The summed E-state index contributed by atoms with van der Waals surface area (Å²) in [6.45, 7) is 1.92. The number of hydrogen-bond donors (Lipinski definition) is 1. The van der Waals surface area contributed by atoms with Crippen LogP contribution in [0, 0.1) is 6.92 Å². The highest BCUT2D eigenvalue weighted by Crippen LogP contribution is 2.28. The van der Waals surface area contributed by atoms with Gasteiger partial charge in [-0.25, -0.2) is 5.43 Å². The Hall–Kier alpha value is -3.28. The topological polar surface area (TPSA) is 58.9 Å². The number of benzene rings is 2. The van der Waals surface area contributed by atoms with Crippen molar-refractivity contribution in [2.24, 2.45) is 12.1 Å². The van der Waals surface area contributed by atoms with Gasteiger partial charge in [0, 0.05) is 43.4 Å². The number of nitrogens with one attached hydrogen (secondary N) is 1. The number of ether oxygens (including phenoxy) is 1. The van der Waals surface area contributed by atoms with Crippen LogP contribution < -0.4 is 15.1 Å². The number of nitrogens with zero attached hydrogens (tertiary/aromatic N) is 3. The van der Waals surface area contributed by atoms with Crippen LogP contribution in [0.4, 0.5) is 5.69 Å². The molecule has 140 valence electrons. The van der Waals surface area contributed by atoms with Crippen LogP contribution in [0.5, 0.6) is 5.75 Å². The summed E-state index contributed by atoms with van der Waals surface area (Å²) in [5.41, 5.74) is 7.11. The zero-order valence-electron chi connectivity index (χ0n) is 16.3. The molecule has 6 nitrogen and oxygen atoms in total. The second-order valence-electron chi connectivity index (χ2n) is 6.59. The van der Waals surface area contributed by atoms with Gasteiger partial charge in [-0.1, -0.05) is 12.1 Å². The van der Waals surface area contributed by atoms with E-state index in [-0.39, 0.29) is 5.91 Å². The number of aromatic nitrogens is 1. The molecule has 0 atom stereocenters. The minimum atomic E-state index is -0.243. The third-order valence-corrected chi connectivity index (χ3v) is 4.72. The third kappa shape index (κ3) is 3.65. The number of fused-ring (bicyclic) bond motifs is 1. The van der Waals surface area contributed by atoms with E-state index in [2.05, 4.69) is 10.5 Å². The molecule has 0 bridgehead atoms. The summed E-state index contributed by atoms with van der Waals surface area (Å²) in [4.78, 5) is 14.8. The van der Waals surface area contributed by atoms with Crippen molar-refractivity contribution in [2.45, 2.75) is 6.92 Å². The van der Waals surface area contributed by atoms with Gasteiger partial charge in [0.15, 0.2) is 0 Å². The van der Waals surface area contributed by atoms with Crippen molar-refractivity contribution in [3.8, 4) is 5.75 Å². The van der Waals surface area contributed by atoms with E-state index >= 15 is 0 Å². The Morgan fingerprint density at radius 2 is 1.89 bits per heavy atom. The number of aryl methyl sites for hydroxylation is 1. The Morgan fingerprint density at radius 1 is 1.19 bits per heavy atom. The highest BCUT2D eigenvalue weighted by molar-refractivity contribution is 6.08. The van der Waals surface area contributed by atoms with Crippen LogP contribution in [-0.4, -0.2) is 37.9 Å². The Labute approximate surface area is 159 Å². The van der Waals surface area contributed by atoms with Crippen molar-refractivity contribution in [3.05, 3.63) is 59.3 Å². The second-order valence-corrected chi connectivity index (χ2v) is 6.59. The number of hydrazone groups is 1. The van der Waals surface area contributed by atoms with Gasteiger partial charge < -0.3 is 14.2 Å². The lowest BCUT2D eigenvalue weighted by atomic mass is 10.1. The Balaban J connectivity index is 1.82. The molecule has 0 radical (unpaired) electrons. The lowest BCUT2D eigenvalue weighted by Crippen LogP contribution is -2.18. The standard InChI is InChI=1S/C21H24N4O2/c1-14-20(18-12-17(27-5)10-11-19(18)25(14)4)21(26)23-22-13-15-6-8-16(9-7-15)24(2)3/h6-13H,1-5H3,(H,23,26)/b22-13+. The van der Waals surface area contributed by atoms with Gasteiger partial charge in [-0.15, -0.1) is 0 Å². The highest BCUT2D eigenvalue weighted by Gasteiger charge is 2.18. The van der Waals surface area contributed by atoms with E-state index in [0.717, 1.165) is 27.8 Å². The summed E-state index contributed by atoms with van der Waals surface area (Å²) < 4.78 is 7.29. The SMILES string of the molecule is COc1ccc2c(c1)c(C(=O)N/N=C/c1ccc(N(C)C)cc1)c(C)n2C. The Kier molecular flexibility index (Phi) is 5.16. The van der Waals surface area contributed by atoms with Crippen molar-refractivity contribution in [3.63, 3.8) is 0 Å². The largest absolute Gasteiger partial charge is 0.497 e. The molecule has 0 aliphatic heterocycles. The van der Waals surface area contributed by atoms with Crippen LogP contribution in [0.3, 0.4) is 0 Å². The van der Waals surface area contributed by atoms with Gasteiger partial charge in [0.2, 0.25) is 0 Å². The maximum Gasteiger partial charge on any atom is 0.273 e. The number of hydrogen-bond acceptors (Lipinski definition) is 4. The first-order valence-electron chi connectivity index (χ1n) is 8.66. The molecular formula is C21H24N4O2. The number of rotatable bonds is 5. The van der Waals surface area contributed by atoms with E-state index in [0.29, 0.717) is 11.3 Å². The van der Waals surface area contributed by atoms with E-state index < -0.39 is 0 Å². The van der Waals surface area contributed by atoms with Gasteiger partial charge in [-0.05, 0) is 42.8 Å². The van der Waals surface area contributed by atoms with Crippen molar-refractivity contribution >= 4 is 28.7 Å². The normalized spacial score (nSPS) is 11.1. The predicted octanol–water partition coefficient (Wildman–Crippen LogP) is 3.33. The first kappa shape index (κ1) is 18.5. The summed E-state index contributed by atoms with van der Waals surface area (Å²) in [5, 5.41) is 4.96. The fourth-order valence-electron chi connectivity index (χ4n) is 3.04. The molecule has 0 saturated heterocycles. The molecule has 0 saturated carbocycles. The van der Waals surface area contributed by atoms with E-state index in [4.69, 9.17) is 4.74 Å². The first-order valence-corrected chi connectivity index (χ1v) is 8.66. The quantitative estimate of drug-likeness (QED) is 0.558. The van der Waals surface area contributed by atoms with E-state index in [1.807, 2.05) is 80.0 Å². The van der Waals surface area contributed by atoms with Gasteiger partial charge in [-0.3, -0.25) is 4.79 Å². The number of carbonyl (C=O) groups is 1. The zero-order chi connectivity index (χ0) is 19.6. The average Bonchev–Trinajstić information content (AvgIpc) is 2.92. The summed E-state index contributed by atoms with van der Waals surface area (Å²) in [5.74, 6) is 0.471. The van der Waals surface area contributed by atoms with Crippen molar-refractivity contribution in [1.29, 1.82) is 0 Å². The molecule has 6 heteroatoms. The molecule has 27 heavy (non-hydrogen) atoms. The monoisotopic (exact) mass is 364 g/mol. The molecule has 0 aliphatic carbocycles. The van der Waals surface area contributed by atoms with Crippen molar-refractivity contribution in [2.75, 3.05) is 26.1 Å². The molecule has 1 heterocycles. The first-order chi connectivity index (χ1) is 12.9. The van der Waals surface area contributed by atoms with Gasteiger partial charge in [-0.2, -0.15) is 5.10 Å². The molecule has 1 amide bonds. The fraction of sp³-hybridized carbons (Fsp3) is 0.238. The zero-order valence-corrected chi connectivity index (χ0v) is 16.3. The molecule has 1 aromatic heterocycles. The van der Waals surface area contributed by atoms with Gasteiger partial charge in [0.1, 0.15) is 5.75 Å². The van der Waals surface area contributed by atoms with Gasteiger partial charge in [0.05, 0.1) is 18.9 Å². The minimum Gasteiger partial charge on any atom is -0.497 e. The molecule has 3 rings (SSSR count). The average molecular weight is 364 g/mol. The number of anilines is 1. The van der Waals surface area contributed by atoms with Crippen LogP contribution >= 0.6 is 0 Å². The predicted molar refractivity (Wildman–Crippen MR) is 110 cm³/mol. The summed E-state index contributed by atoms with van der Waals surface area (Å²) in [7, 11) is 7.54. The van der Waals surface area contributed by atoms with E-state index in [1.54, 1.807) is 13.3 Å². The maximum atomic E-state index is 12.7. The molecular weight excluding hydrogens is 340 g/mol. The van der Waals surface area contributed by atoms with Gasteiger partial charge in [0.25, 0.3) is 5.91 Å². The molecule has 1 N–H and O–H groups in total. The summed E-state index contributed by atoms with van der Waals surface area (Å²) in [6, 6.07) is 13.6. The summed E-state index contributed by atoms with van der Waals surface area (Å²) >= 11 is 0. The minimum absolute atomic E-state index is 0.243. The van der Waals surface area contributed by atoms with Gasteiger partial charge >= 0.3 is 0 Å². The highest BCUT2D eigenvalue weighted by atomic mass is 16.5. The Morgan fingerprint density at radius 3 is 2.52 bits per heavy atom. The molecule has 0 spiro atoms. The molecule has 0 aliphatic rings. The molecule has 0 fully saturated rings. The second kappa shape index (κ2) is 7.53. The number of carbonyl (C=O) groups excluding carboxylic acids is 1. The van der Waals surface area contributed by atoms with E-state index in [1.165, 1.54) is 0 Å².